The van der Waals surface area contributed by atoms with Gasteiger partial charge in [-0.25, -0.2) is 4.98 Å². The quantitative estimate of drug-likeness (QED) is 0.845. The molecule has 15 heavy (non-hydrogen) atoms. The van der Waals surface area contributed by atoms with Gasteiger partial charge in [0.25, 0.3) is 0 Å². The second-order valence-electron chi connectivity index (χ2n) is 3.67. The SMILES string of the molecule is Cc1nc(CCNC2=CC(=O)CC2)cs1. The maximum Gasteiger partial charge on any atom is 0.157 e. The number of nitrogens with zero attached hydrogens (tertiary/aromatic N) is 1. The number of allylic oxidation sites excluding steroid dienone is 2. The fourth-order valence-electron chi connectivity index (χ4n) is 1.61. The van der Waals surface area contributed by atoms with Crippen molar-refractivity contribution in [2.75, 3.05) is 6.54 Å². The number of thiazole rings is 1. The van der Waals surface area contributed by atoms with Crippen molar-refractivity contribution in [2.45, 2.75) is 26.2 Å². The summed E-state index contributed by atoms with van der Waals surface area (Å²) in [6, 6.07) is 0. The van der Waals surface area contributed by atoms with Crippen LogP contribution in [0.4, 0.5) is 0 Å². The smallest absolute Gasteiger partial charge is 0.157 e. The van der Waals surface area contributed by atoms with Crippen molar-refractivity contribution < 1.29 is 4.79 Å². The van der Waals surface area contributed by atoms with E-state index in [4.69, 9.17) is 0 Å². The summed E-state index contributed by atoms with van der Waals surface area (Å²) in [5.41, 5.74) is 2.21. The number of rotatable bonds is 4. The van der Waals surface area contributed by atoms with Gasteiger partial charge in [0.1, 0.15) is 0 Å². The number of hydrogen-bond donors (Lipinski definition) is 1. The number of ketones is 1. The first-order chi connectivity index (χ1) is 7.24. The Hall–Kier alpha value is -1.16. The van der Waals surface area contributed by atoms with Crippen LogP contribution in [0.2, 0.25) is 0 Å². The Kier molecular flexibility index (Phi) is 3.16. The van der Waals surface area contributed by atoms with E-state index < -0.39 is 0 Å². The summed E-state index contributed by atoms with van der Waals surface area (Å²) in [5.74, 6) is 0.238. The van der Waals surface area contributed by atoms with Crippen molar-refractivity contribution in [2.24, 2.45) is 0 Å². The molecule has 0 atom stereocenters. The number of carbonyl (C=O) groups is 1. The second kappa shape index (κ2) is 4.57. The van der Waals surface area contributed by atoms with Crippen LogP contribution in [0.25, 0.3) is 0 Å². The topological polar surface area (TPSA) is 42.0 Å². The summed E-state index contributed by atoms with van der Waals surface area (Å²) in [6.07, 6.45) is 4.18. The maximum absolute atomic E-state index is 11.0. The van der Waals surface area contributed by atoms with Crippen molar-refractivity contribution in [1.29, 1.82) is 0 Å². The third kappa shape index (κ3) is 2.89. The summed E-state index contributed by atoms with van der Waals surface area (Å²) in [6.45, 7) is 2.88. The molecule has 1 aromatic heterocycles. The molecule has 0 unspecified atom stereocenters. The number of aromatic nitrogens is 1. The van der Waals surface area contributed by atoms with E-state index >= 15 is 0 Å². The molecule has 1 aliphatic carbocycles. The molecular weight excluding hydrogens is 208 g/mol. The molecule has 4 heteroatoms. The predicted molar refractivity (Wildman–Crippen MR) is 60.9 cm³/mol. The molecule has 0 amide bonds. The van der Waals surface area contributed by atoms with E-state index in [0.717, 1.165) is 35.8 Å². The Labute approximate surface area is 93.2 Å². The highest BCUT2D eigenvalue weighted by Gasteiger charge is 2.10. The van der Waals surface area contributed by atoms with Crippen LogP contribution in [-0.4, -0.2) is 17.3 Å². The lowest BCUT2D eigenvalue weighted by molar-refractivity contribution is -0.114. The number of hydrogen-bond acceptors (Lipinski definition) is 4. The largest absolute Gasteiger partial charge is 0.388 e. The van der Waals surface area contributed by atoms with E-state index in [0.29, 0.717) is 6.42 Å². The number of carbonyl (C=O) groups excluding carboxylic acids is 1. The van der Waals surface area contributed by atoms with Gasteiger partial charge in [0.05, 0.1) is 10.7 Å². The van der Waals surface area contributed by atoms with E-state index in [9.17, 15) is 4.79 Å². The summed E-state index contributed by atoms with van der Waals surface area (Å²) in [7, 11) is 0. The summed E-state index contributed by atoms with van der Waals surface area (Å²) in [4.78, 5) is 15.3. The van der Waals surface area contributed by atoms with Gasteiger partial charge in [0.2, 0.25) is 0 Å². The molecule has 1 aliphatic rings. The highest BCUT2D eigenvalue weighted by atomic mass is 32.1. The lowest BCUT2D eigenvalue weighted by Crippen LogP contribution is -2.15. The van der Waals surface area contributed by atoms with E-state index in [2.05, 4.69) is 15.7 Å². The minimum atomic E-state index is 0.238. The zero-order chi connectivity index (χ0) is 10.7. The Morgan fingerprint density at radius 2 is 2.40 bits per heavy atom. The molecule has 1 heterocycles. The Morgan fingerprint density at radius 1 is 1.53 bits per heavy atom. The molecule has 0 aliphatic heterocycles. The first-order valence-electron chi connectivity index (χ1n) is 5.12. The van der Waals surface area contributed by atoms with Gasteiger partial charge in [-0.3, -0.25) is 4.79 Å². The molecule has 0 radical (unpaired) electrons. The van der Waals surface area contributed by atoms with Crippen LogP contribution < -0.4 is 5.32 Å². The summed E-state index contributed by atoms with van der Waals surface area (Å²) >= 11 is 1.68. The van der Waals surface area contributed by atoms with E-state index in [1.54, 1.807) is 17.4 Å². The monoisotopic (exact) mass is 222 g/mol. The van der Waals surface area contributed by atoms with Gasteiger partial charge in [-0.1, -0.05) is 0 Å². The minimum absolute atomic E-state index is 0.238. The molecule has 0 spiro atoms. The van der Waals surface area contributed by atoms with Crippen LogP contribution >= 0.6 is 11.3 Å². The van der Waals surface area contributed by atoms with Crippen LogP contribution in [0.15, 0.2) is 17.2 Å². The molecule has 0 bridgehead atoms. The molecule has 3 nitrogen and oxygen atoms in total. The fraction of sp³-hybridized carbons (Fsp3) is 0.455. The van der Waals surface area contributed by atoms with Crippen LogP contribution in [0.1, 0.15) is 23.5 Å². The van der Waals surface area contributed by atoms with Gasteiger partial charge in [0, 0.05) is 36.5 Å². The maximum atomic E-state index is 11.0. The molecule has 2 rings (SSSR count). The van der Waals surface area contributed by atoms with Gasteiger partial charge in [-0.15, -0.1) is 11.3 Å². The molecule has 1 N–H and O–H groups in total. The van der Waals surface area contributed by atoms with Gasteiger partial charge in [-0.05, 0) is 13.3 Å². The van der Waals surface area contributed by atoms with Gasteiger partial charge in [0.15, 0.2) is 5.78 Å². The zero-order valence-electron chi connectivity index (χ0n) is 8.75. The van der Waals surface area contributed by atoms with Gasteiger partial charge < -0.3 is 5.32 Å². The van der Waals surface area contributed by atoms with E-state index in [-0.39, 0.29) is 5.78 Å². The highest BCUT2D eigenvalue weighted by Crippen LogP contribution is 2.12. The van der Waals surface area contributed by atoms with Gasteiger partial charge in [-0.2, -0.15) is 0 Å². The summed E-state index contributed by atoms with van der Waals surface area (Å²) < 4.78 is 0. The normalized spacial score (nSPS) is 15.5. The third-order valence-electron chi connectivity index (χ3n) is 2.38. The molecule has 0 saturated heterocycles. The van der Waals surface area contributed by atoms with Crippen molar-refractivity contribution in [3.05, 3.63) is 27.9 Å². The molecule has 0 aromatic carbocycles. The number of nitrogens with one attached hydrogen (secondary N) is 1. The average molecular weight is 222 g/mol. The zero-order valence-corrected chi connectivity index (χ0v) is 9.56. The van der Waals surface area contributed by atoms with Crippen LogP contribution in [0.5, 0.6) is 0 Å². The highest BCUT2D eigenvalue weighted by molar-refractivity contribution is 7.09. The second-order valence-corrected chi connectivity index (χ2v) is 4.73. The Balaban J connectivity index is 1.75. The third-order valence-corrected chi connectivity index (χ3v) is 3.20. The summed E-state index contributed by atoms with van der Waals surface area (Å²) in [5, 5.41) is 6.47. The first-order valence-corrected chi connectivity index (χ1v) is 6.00. The first kappa shape index (κ1) is 10.4. The van der Waals surface area contributed by atoms with Crippen molar-refractivity contribution >= 4 is 17.1 Å². The molecular formula is C11H14N2OS. The van der Waals surface area contributed by atoms with E-state index in [1.165, 1.54) is 0 Å². The molecule has 80 valence electrons. The van der Waals surface area contributed by atoms with Crippen LogP contribution in [-0.2, 0) is 11.2 Å². The van der Waals surface area contributed by atoms with Crippen LogP contribution in [0, 0.1) is 6.92 Å². The Bertz CT molecular complexity index is 395. The standard InChI is InChI=1S/C11H14N2OS/c1-8-13-10(7-15-8)4-5-12-9-2-3-11(14)6-9/h6-7,12H,2-5H2,1H3. The average Bonchev–Trinajstić information content (AvgIpc) is 2.76. The van der Waals surface area contributed by atoms with Crippen molar-refractivity contribution in [1.82, 2.24) is 10.3 Å². The fourth-order valence-corrected chi connectivity index (χ4v) is 2.26. The van der Waals surface area contributed by atoms with Crippen molar-refractivity contribution in [3.63, 3.8) is 0 Å². The molecule has 1 aromatic rings. The van der Waals surface area contributed by atoms with Crippen LogP contribution in [0.3, 0.4) is 0 Å². The van der Waals surface area contributed by atoms with Gasteiger partial charge >= 0.3 is 0 Å². The van der Waals surface area contributed by atoms with E-state index in [1.807, 2.05) is 6.92 Å². The predicted octanol–water partition coefficient (Wildman–Crippen LogP) is 1.83. The van der Waals surface area contributed by atoms with Crippen molar-refractivity contribution in [3.8, 4) is 0 Å². The number of aryl methyl sites for hydroxylation is 1. The lowest BCUT2D eigenvalue weighted by Gasteiger charge is -2.04. The Morgan fingerprint density at radius 3 is 3.00 bits per heavy atom. The molecule has 0 saturated carbocycles. The lowest BCUT2D eigenvalue weighted by atomic mass is 10.3. The minimum Gasteiger partial charge on any atom is -0.388 e. The molecule has 0 fully saturated rings.